The molecule has 0 heterocycles. The Morgan fingerprint density at radius 1 is 1.21 bits per heavy atom. The van der Waals surface area contributed by atoms with Crippen LogP contribution in [0.5, 0.6) is 0 Å². The predicted molar refractivity (Wildman–Crippen MR) is 106 cm³/mol. The van der Waals surface area contributed by atoms with Crippen molar-refractivity contribution >= 4 is 0 Å². The molecular weight excluding hydrogens is 294 g/mol. The summed E-state index contributed by atoms with van der Waals surface area (Å²) in [6.07, 6.45) is 14.9. The molecular formula is C22H35NO. The first-order chi connectivity index (χ1) is 11.2. The van der Waals surface area contributed by atoms with Crippen molar-refractivity contribution in [3.05, 3.63) is 58.7 Å². The zero-order valence-corrected chi connectivity index (χ0v) is 16.6. The van der Waals surface area contributed by atoms with Crippen LogP contribution in [0.4, 0.5) is 0 Å². The summed E-state index contributed by atoms with van der Waals surface area (Å²) in [7, 11) is 4.35. The van der Waals surface area contributed by atoms with Gasteiger partial charge in [-0.2, -0.15) is 0 Å². The Balaban J connectivity index is 2.96. The molecule has 0 fully saturated rings. The van der Waals surface area contributed by atoms with E-state index in [0.717, 1.165) is 5.57 Å². The maximum absolute atomic E-state index is 8.86. The number of hydrogen-bond acceptors (Lipinski definition) is 2. The molecule has 0 spiro atoms. The highest BCUT2D eigenvalue weighted by atomic mass is 16.2. The van der Waals surface area contributed by atoms with Gasteiger partial charge < -0.3 is 10.0 Å². The second-order valence-corrected chi connectivity index (χ2v) is 7.73. The van der Waals surface area contributed by atoms with E-state index in [2.05, 4.69) is 64.9 Å². The number of rotatable bonds is 6. The Bertz CT molecular complexity index is 571. The molecule has 0 aromatic carbocycles. The summed E-state index contributed by atoms with van der Waals surface area (Å²) >= 11 is 0. The second-order valence-electron chi connectivity index (χ2n) is 7.73. The minimum absolute atomic E-state index is 0.0916. The summed E-state index contributed by atoms with van der Waals surface area (Å²) in [6, 6.07) is 0.549. The lowest BCUT2D eigenvalue weighted by Crippen LogP contribution is -2.36. The van der Waals surface area contributed by atoms with Gasteiger partial charge in [0.05, 0.1) is 6.61 Å². The van der Waals surface area contributed by atoms with Gasteiger partial charge in [-0.1, -0.05) is 67.0 Å². The van der Waals surface area contributed by atoms with E-state index in [9.17, 15) is 0 Å². The summed E-state index contributed by atoms with van der Waals surface area (Å²) in [5.74, 6) is 0. The quantitative estimate of drug-likeness (QED) is 0.689. The van der Waals surface area contributed by atoms with Crippen molar-refractivity contribution in [3.8, 4) is 0 Å². The third kappa shape index (κ3) is 5.92. The van der Waals surface area contributed by atoms with Gasteiger partial charge in [-0.05, 0) is 58.7 Å². The molecule has 1 unspecified atom stereocenters. The van der Waals surface area contributed by atoms with Gasteiger partial charge in [0, 0.05) is 6.04 Å². The SMILES string of the molecule is CC(C=CC1=C(C)C(N(C)C)CCC1(C)C)=CC=CC(C)=CCO. The van der Waals surface area contributed by atoms with E-state index in [1.165, 1.54) is 29.6 Å². The van der Waals surface area contributed by atoms with Crippen LogP contribution in [0.25, 0.3) is 0 Å². The molecule has 24 heavy (non-hydrogen) atoms. The Hall–Kier alpha value is -1.38. The molecule has 0 saturated heterocycles. The highest BCUT2D eigenvalue weighted by Gasteiger charge is 2.32. The molecule has 1 atom stereocenters. The van der Waals surface area contributed by atoms with Crippen LogP contribution in [0.15, 0.2) is 58.7 Å². The van der Waals surface area contributed by atoms with Gasteiger partial charge in [-0.3, -0.25) is 0 Å². The summed E-state index contributed by atoms with van der Waals surface area (Å²) < 4.78 is 0. The van der Waals surface area contributed by atoms with Crippen LogP contribution >= 0.6 is 0 Å². The van der Waals surface area contributed by atoms with Crippen LogP contribution in [0.2, 0.25) is 0 Å². The summed E-state index contributed by atoms with van der Waals surface area (Å²) in [6.45, 7) is 11.2. The molecule has 0 radical (unpaired) electrons. The van der Waals surface area contributed by atoms with Gasteiger partial charge in [-0.15, -0.1) is 0 Å². The standard InChI is InChI=1S/C22H35NO/c1-17(9-8-10-18(2)14-16-24)11-12-20-19(3)21(23(6)7)13-15-22(20,4)5/h8-12,14,21,24H,13,15-16H2,1-7H3. The van der Waals surface area contributed by atoms with Crippen molar-refractivity contribution in [1.29, 1.82) is 0 Å². The van der Waals surface area contributed by atoms with Crippen LogP contribution in [0, 0.1) is 5.41 Å². The maximum atomic E-state index is 8.86. The van der Waals surface area contributed by atoms with Crippen LogP contribution < -0.4 is 0 Å². The van der Waals surface area contributed by atoms with E-state index < -0.39 is 0 Å². The molecule has 0 aliphatic heterocycles. The Morgan fingerprint density at radius 2 is 1.88 bits per heavy atom. The van der Waals surface area contributed by atoms with Gasteiger partial charge >= 0.3 is 0 Å². The fraction of sp³-hybridized carbons (Fsp3) is 0.545. The largest absolute Gasteiger partial charge is 0.392 e. The fourth-order valence-corrected chi connectivity index (χ4v) is 3.40. The number of likely N-dealkylation sites (N-methyl/N-ethyl adjacent to an activating group) is 1. The average Bonchev–Trinajstić information content (AvgIpc) is 2.46. The number of hydrogen-bond donors (Lipinski definition) is 1. The van der Waals surface area contributed by atoms with Crippen molar-refractivity contribution in [2.45, 2.75) is 53.5 Å². The molecule has 1 aliphatic rings. The Labute approximate surface area is 149 Å². The summed E-state index contributed by atoms with van der Waals surface area (Å²) in [5.41, 5.74) is 5.51. The van der Waals surface area contributed by atoms with E-state index in [1.807, 2.05) is 19.1 Å². The number of aliphatic hydroxyl groups excluding tert-OH is 1. The topological polar surface area (TPSA) is 23.5 Å². The first-order valence-corrected chi connectivity index (χ1v) is 8.87. The predicted octanol–water partition coefficient (Wildman–Crippen LogP) is 5.05. The van der Waals surface area contributed by atoms with E-state index >= 15 is 0 Å². The van der Waals surface area contributed by atoms with Crippen LogP contribution in [-0.2, 0) is 0 Å². The monoisotopic (exact) mass is 329 g/mol. The number of nitrogens with zero attached hydrogens (tertiary/aromatic N) is 1. The first-order valence-electron chi connectivity index (χ1n) is 8.87. The molecule has 0 saturated carbocycles. The zero-order valence-electron chi connectivity index (χ0n) is 16.6. The summed E-state index contributed by atoms with van der Waals surface area (Å²) in [5, 5.41) is 8.86. The Kier molecular flexibility index (Phi) is 7.92. The van der Waals surface area contributed by atoms with Crippen molar-refractivity contribution < 1.29 is 5.11 Å². The summed E-state index contributed by atoms with van der Waals surface area (Å²) in [4.78, 5) is 2.33. The van der Waals surface area contributed by atoms with Crippen molar-refractivity contribution in [3.63, 3.8) is 0 Å². The highest BCUT2D eigenvalue weighted by Crippen LogP contribution is 2.42. The van der Waals surface area contributed by atoms with Crippen LogP contribution in [-0.4, -0.2) is 36.8 Å². The highest BCUT2D eigenvalue weighted by molar-refractivity contribution is 5.39. The number of allylic oxidation sites excluding steroid dienone is 8. The molecule has 1 aliphatic carbocycles. The average molecular weight is 330 g/mol. The maximum Gasteiger partial charge on any atom is 0.0617 e. The van der Waals surface area contributed by atoms with Crippen molar-refractivity contribution in [1.82, 2.24) is 4.90 Å². The van der Waals surface area contributed by atoms with Crippen LogP contribution in [0.3, 0.4) is 0 Å². The van der Waals surface area contributed by atoms with E-state index in [-0.39, 0.29) is 12.0 Å². The second kappa shape index (κ2) is 9.19. The van der Waals surface area contributed by atoms with Gasteiger partial charge in [0.25, 0.3) is 0 Å². The molecule has 134 valence electrons. The van der Waals surface area contributed by atoms with Crippen LogP contribution in [0.1, 0.15) is 47.5 Å². The molecule has 2 nitrogen and oxygen atoms in total. The lowest BCUT2D eigenvalue weighted by molar-refractivity contribution is 0.249. The zero-order chi connectivity index (χ0) is 18.3. The van der Waals surface area contributed by atoms with Gasteiger partial charge in [0.2, 0.25) is 0 Å². The molecule has 0 amide bonds. The molecule has 1 N–H and O–H groups in total. The normalized spacial score (nSPS) is 23.1. The molecule has 2 heteroatoms. The van der Waals surface area contributed by atoms with E-state index in [1.54, 1.807) is 6.08 Å². The lowest BCUT2D eigenvalue weighted by Gasteiger charge is -2.40. The molecule has 0 aromatic heterocycles. The molecule has 0 bridgehead atoms. The third-order valence-electron chi connectivity index (χ3n) is 4.96. The molecule has 0 aromatic rings. The smallest absolute Gasteiger partial charge is 0.0617 e. The van der Waals surface area contributed by atoms with Crippen molar-refractivity contribution in [2.24, 2.45) is 5.41 Å². The first kappa shape index (κ1) is 20.7. The minimum Gasteiger partial charge on any atom is -0.392 e. The number of aliphatic hydroxyl groups is 1. The lowest BCUT2D eigenvalue weighted by atomic mass is 9.70. The molecule has 1 rings (SSSR count). The van der Waals surface area contributed by atoms with Crippen molar-refractivity contribution in [2.75, 3.05) is 20.7 Å². The van der Waals surface area contributed by atoms with E-state index in [4.69, 9.17) is 5.11 Å². The van der Waals surface area contributed by atoms with E-state index in [0.29, 0.717) is 6.04 Å². The third-order valence-corrected chi connectivity index (χ3v) is 4.96. The fourth-order valence-electron chi connectivity index (χ4n) is 3.40. The Morgan fingerprint density at radius 3 is 2.46 bits per heavy atom. The van der Waals surface area contributed by atoms with Gasteiger partial charge in [0.15, 0.2) is 0 Å². The minimum atomic E-state index is 0.0916. The van der Waals surface area contributed by atoms with Gasteiger partial charge in [0.1, 0.15) is 0 Å². The van der Waals surface area contributed by atoms with Gasteiger partial charge in [-0.25, -0.2) is 0 Å².